The van der Waals surface area contributed by atoms with Gasteiger partial charge in [0, 0.05) is 24.2 Å². The number of ketones is 1. The molecule has 0 aliphatic carbocycles. The van der Waals surface area contributed by atoms with Crippen molar-refractivity contribution in [1.29, 1.82) is 0 Å². The van der Waals surface area contributed by atoms with Gasteiger partial charge >= 0.3 is 0 Å². The molecule has 1 aliphatic heterocycles. The number of hydrogen-bond acceptors (Lipinski definition) is 4. The van der Waals surface area contributed by atoms with E-state index in [0.29, 0.717) is 22.7 Å². The minimum Gasteiger partial charge on any atom is -0.476 e. The van der Waals surface area contributed by atoms with Gasteiger partial charge in [0.05, 0.1) is 5.69 Å². The fourth-order valence-corrected chi connectivity index (χ4v) is 2.99. The number of carbonyl (C=O) groups is 3. The third kappa shape index (κ3) is 4.00. The summed E-state index contributed by atoms with van der Waals surface area (Å²) in [5.74, 6) is 0.137. The summed E-state index contributed by atoms with van der Waals surface area (Å²) in [4.78, 5) is 38.1. The van der Waals surface area contributed by atoms with Crippen LogP contribution in [0.5, 0.6) is 5.75 Å². The SMILES string of the molecule is CC(=O)c1cccc(NC(=O)CCN2C(=O)C(C)(C)Oc3ccccc32)c1. The number of fused-ring (bicyclic) bond motifs is 1. The third-order valence-electron chi connectivity index (χ3n) is 4.40. The van der Waals surface area contributed by atoms with Gasteiger partial charge in [0.2, 0.25) is 5.91 Å². The molecule has 0 unspecified atom stereocenters. The van der Waals surface area contributed by atoms with Crippen LogP contribution >= 0.6 is 0 Å². The lowest BCUT2D eigenvalue weighted by Crippen LogP contribution is -2.53. The van der Waals surface area contributed by atoms with Crippen LogP contribution in [0.15, 0.2) is 48.5 Å². The molecular weight excluding hydrogens is 344 g/mol. The van der Waals surface area contributed by atoms with Gasteiger partial charge in [-0.1, -0.05) is 24.3 Å². The van der Waals surface area contributed by atoms with E-state index in [4.69, 9.17) is 4.74 Å². The molecule has 2 aromatic rings. The summed E-state index contributed by atoms with van der Waals surface area (Å²) in [6, 6.07) is 14.1. The molecule has 0 aromatic heterocycles. The lowest BCUT2D eigenvalue weighted by molar-refractivity contribution is -0.132. The zero-order valence-electron chi connectivity index (χ0n) is 15.6. The zero-order valence-corrected chi connectivity index (χ0v) is 15.6. The predicted molar refractivity (Wildman–Crippen MR) is 103 cm³/mol. The lowest BCUT2D eigenvalue weighted by atomic mass is 10.0. The summed E-state index contributed by atoms with van der Waals surface area (Å²) in [5, 5.41) is 2.78. The maximum atomic E-state index is 12.7. The Morgan fingerprint density at radius 1 is 1.11 bits per heavy atom. The minimum atomic E-state index is -0.985. The molecule has 27 heavy (non-hydrogen) atoms. The van der Waals surface area contributed by atoms with Crippen molar-refractivity contribution in [3.05, 3.63) is 54.1 Å². The van der Waals surface area contributed by atoms with Crippen LogP contribution < -0.4 is 15.0 Å². The van der Waals surface area contributed by atoms with Crippen molar-refractivity contribution in [2.75, 3.05) is 16.8 Å². The first-order chi connectivity index (χ1) is 12.8. The van der Waals surface area contributed by atoms with E-state index in [2.05, 4.69) is 5.32 Å². The number of nitrogens with zero attached hydrogens (tertiary/aromatic N) is 1. The Balaban J connectivity index is 1.70. The Kier molecular flexibility index (Phi) is 4.99. The van der Waals surface area contributed by atoms with Gasteiger partial charge in [-0.05, 0) is 45.0 Å². The highest BCUT2D eigenvalue weighted by molar-refractivity contribution is 6.03. The second kappa shape index (κ2) is 7.23. The summed E-state index contributed by atoms with van der Waals surface area (Å²) >= 11 is 0. The van der Waals surface area contributed by atoms with Gasteiger partial charge in [0.25, 0.3) is 5.91 Å². The number of carbonyl (C=O) groups excluding carboxylic acids is 3. The summed E-state index contributed by atoms with van der Waals surface area (Å²) in [5.41, 5.74) is 0.766. The molecule has 1 aliphatic rings. The molecule has 0 bridgehead atoms. The molecule has 1 N–H and O–H groups in total. The molecule has 0 fully saturated rings. The quantitative estimate of drug-likeness (QED) is 0.823. The topological polar surface area (TPSA) is 75.7 Å². The normalized spacial score (nSPS) is 14.9. The molecular formula is C21H22N2O4. The van der Waals surface area contributed by atoms with Crippen LogP contribution in [0, 0.1) is 0 Å². The number of Topliss-reactive ketones (excluding diaryl/α,β-unsaturated/α-hetero) is 1. The van der Waals surface area contributed by atoms with Crippen molar-refractivity contribution in [2.24, 2.45) is 0 Å². The predicted octanol–water partition coefficient (Wildman–Crippen LogP) is 3.42. The molecule has 2 aromatic carbocycles. The lowest BCUT2D eigenvalue weighted by Gasteiger charge is -2.38. The van der Waals surface area contributed by atoms with E-state index in [1.807, 2.05) is 18.2 Å². The molecule has 6 nitrogen and oxygen atoms in total. The van der Waals surface area contributed by atoms with Crippen LogP contribution in [0.1, 0.15) is 37.6 Å². The Hall–Kier alpha value is -3.15. The second-order valence-corrected chi connectivity index (χ2v) is 6.97. The van der Waals surface area contributed by atoms with E-state index < -0.39 is 5.60 Å². The van der Waals surface area contributed by atoms with E-state index in [-0.39, 0.29) is 30.6 Å². The van der Waals surface area contributed by atoms with Crippen LogP contribution in [0.3, 0.4) is 0 Å². The van der Waals surface area contributed by atoms with E-state index >= 15 is 0 Å². The van der Waals surface area contributed by atoms with E-state index in [0.717, 1.165) is 0 Å². The highest BCUT2D eigenvalue weighted by Crippen LogP contribution is 2.37. The summed E-state index contributed by atoms with van der Waals surface area (Å²) in [6.07, 6.45) is 0.125. The number of ether oxygens (including phenoxy) is 1. The average Bonchev–Trinajstić information content (AvgIpc) is 2.62. The largest absolute Gasteiger partial charge is 0.476 e. The maximum Gasteiger partial charge on any atom is 0.270 e. The Bertz CT molecular complexity index is 905. The fraction of sp³-hybridized carbons (Fsp3) is 0.286. The molecule has 3 rings (SSSR count). The summed E-state index contributed by atoms with van der Waals surface area (Å²) < 4.78 is 5.78. The third-order valence-corrected chi connectivity index (χ3v) is 4.40. The number of anilines is 2. The van der Waals surface area contributed by atoms with Crippen LogP contribution in [-0.2, 0) is 9.59 Å². The van der Waals surface area contributed by atoms with Crippen molar-refractivity contribution in [2.45, 2.75) is 32.8 Å². The molecule has 1 heterocycles. The van der Waals surface area contributed by atoms with Crippen LogP contribution in [0.2, 0.25) is 0 Å². The van der Waals surface area contributed by atoms with Gasteiger partial charge in [0.15, 0.2) is 11.4 Å². The maximum absolute atomic E-state index is 12.7. The Morgan fingerprint density at radius 2 is 1.85 bits per heavy atom. The van der Waals surface area contributed by atoms with Gasteiger partial charge in [0.1, 0.15) is 5.75 Å². The van der Waals surface area contributed by atoms with Gasteiger partial charge in [-0.15, -0.1) is 0 Å². The van der Waals surface area contributed by atoms with E-state index in [1.54, 1.807) is 49.1 Å². The van der Waals surface area contributed by atoms with Crippen molar-refractivity contribution < 1.29 is 19.1 Å². The molecule has 140 valence electrons. The summed E-state index contributed by atoms with van der Waals surface area (Å²) in [6.45, 7) is 5.14. The van der Waals surface area contributed by atoms with Crippen molar-refractivity contribution in [3.63, 3.8) is 0 Å². The molecule has 0 atom stereocenters. The number of nitrogens with one attached hydrogen (secondary N) is 1. The Morgan fingerprint density at radius 3 is 2.59 bits per heavy atom. The molecule has 2 amide bonds. The van der Waals surface area contributed by atoms with E-state index in [1.165, 1.54) is 6.92 Å². The zero-order chi connectivity index (χ0) is 19.6. The first-order valence-corrected chi connectivity index (χ1v) is 8.79. The van der Waals surface area contributed by atoms with Crippen LogP contribution in [-0.4, -0.2) is 29.7 Å². The van der Waals surface area contributed by atoms with E-state index in [9.17, 15) is 14.4 Å². The van der Waals surface area contributed by atoms with Crippen molar-refractivity contribution in [3.8, 4) is 5.75 Å². The monoisotopic (exact) mass is 366 g/mol. The fourth-order valence-electron chi connectivity index (χ4n) is 2.99. The van der Waals surface area contributed by atoms with Crippen LogP contribution in [0.25, 0.3) is 0 Å². The van der Waals surface area contributed by atoms with Gasteiger partial charge in [-0.3, -0.25) is 14.4 Å². The first kappa shape index (κ1) is 18.6. The Labute approximate surface area is 158 Å². The minimum absolute atomic E-state index is 0.0659. The molecule has 6 heteroatoms. The van der Waals surface area contributed by atoms with Gasteiger partial charge < -0.3 is 15.0 Å². The highest BCUT2D eigenvalue weighted by Gasteiger charge is 2.40. The van der Waals surface area contributed by atoms with Crippen molar-refractivity contribution >= 4 is 29.0 Å². The number of benzene rings is 2. The number of amides is 2. The molecule has 0 saturated heterocycles. The standard InChI is InChI=1S/C21H22N2O4/c1-14(24)15-7-6-8-16(13-15)22-19(25)11-12-23-17-9-4-5-10-18(17)27-21(2,3)20(23)26/h4-10,13H,11-12H2,1-3H3,(H,22,25). The van der Waals surface area contributed by atoms with Crippen molar-refractivity contribution in [1.82, 2.24) is 0 Å². The number of hydrogen-bond donors (Lipinski definition) is 1. The summed E-state index contributed by atoms with van der Waals surface area (Å²) in [7, 11) is 0. The average molecular weight is 366 g/mol. The van der Waals surface area contributed by atoms with Crippen LogP contribution in [0.4, 0.5) is 11.4 Å². The number of para-hydroxylation sites is 2. The highest BCUT2D eigenvalue weighted by atomic mass is 16.5. The molecule has 0 spiro atoms. The smallest absolute Gasteiger partial charge is 0.270 e. The second-order valence-electron chi connectivity index (χ2n) is 6.97. The first-order valence-electron chi connectivity index (χ1n) is 8.79. The molecule has 0 saturated carbocycles. The van der Waals surface area contributed by atoms with Gasteiger partial charge in [-0.25, -0.2) is 0 Å². The van der Waals surface area contributed by atoms with Gasteiger partial charge in [-0.2, -0.15) is 0 Å². The molecule has 0 radical (unpaired) electrons. The number of rotatable bonds is 5.